The number of nitrogens with zero attached hydrogens (tertiary/aromatic N) is 4. The first-order valence-electron chi connectivity index (χ1n) is 12.9. The first-order valence-corrected chi connectivity index (χ1v) is 14.1. The maximum atomic E-state index is 14.2. The van der Waals surface area contributed by atoms with Crippen LogP contribution in [0.4, 0.5) is 5.69 Å². The molecule has 1 aromatic heterocycles. The van der Waals surface area contributed by atoms with E-state index < -0.39 is 22.8 Å². The summed E-state index contributed by atoms with van der Waals surface area (Å²) in [6.45, 7) is 3.79. The van der Waals surface area contributed by atoms with Gasteiger partial charge in [-0.3, -0.25) is 19.8 Å². The summed E-state index contributed by atoms with van der Waals surface area (Å²) in [5.74, 6) is -0.675. The van der Waals surface area contributed by atoms with Gasteiger partial charge in [-0.15, -0.1) is 0 Å². The van der Waals surface area contributed by atoms with Gasteiger partial charge in [0, 0.05) is 66.6 Å². The highest BCUT2D eigenvalue weighted by atomic mass is 32.2. The number of amides is 1. The molecule has 41 heavy (non-hydrogen) atoms. The number of aromatic nitrogens is 1. The number of nitro benzene ring substituents is 1. The number of pyridine rings is 1. The van der Waals surface area contributed by atoms with Gasteiger partial charge in [-0.1, -0.05) is 42.5 Å². The van der Waals surface area contributed by atoms with E-state index in [-0.39, 0.29) is 46.1 Å². The zero-order chi connectivity index (χ0) is 28.9. The highest BCUT2D eigenvalue weighted by Gasteiger charge is 2.32. The molecule has 2 bridgehead atoms. The normalized spacial score (nSPS) is 16.9. The van der Waals surface area contributed by atoms with Gasteiger partial charge >= 0.3 is 11.9 Å². The zero-order valence-corrected chi connectivity index (χ0v) is 23.0. The van der Waals surface area contributed by atoms with Crippen molar-refractivity contribution in [3.63, 3.8) is 0 Å². The molecule has 0 radical (unpaired) electrons. The van der Waals surface area contributed by atoms with Gasteiger partial charge in [0.1, 0.15) is 5.69 Å². The zero-order valence-electron chi connectivity index (χ0n) is 22.1. The van der Waals surface area contributed by atoms with Crippen LogP contribution in [-0.2, 0) is 14.4 Å². The molecule has 0 aliphatic carbocycles. The topological polar surface area (TPSA) is 132 Å². The van der Waals surface area contributed by atoms with E-state index in [2.05, 4.69) is 9.88 Å². The molecule has 11 nitrogen and oxygen atoms in total. The minimum Gasteiger partial charge on any atom is -0.420 e. The van der Waals surface area contributed by atoms with E-state index in [0.717, 1.165) is 41.8 Å². The van der Waals surface area contributed by atoms with E-state index in [1.54, 1.807) is 37.3 Å². The molecular weight excluding hydrogens is 548 g/mol. The smallest absolute Gasteiger partial charge is 0.356 e. The van der Waals surface area contributed by atoms with Gasteiger partial charge in [0.15, 0.2) is 5.75 Å². The van der Waals surface area contributed by atoms with Crippen molar-refractivity contribution in [3.05, 3.63) is 88.1 Å². The van der Waals surface area contributed by atoms with Crippen molar-refractivity contribution >= 4 is 35.3 Å². The van der Waals surface area contributed by atoms with Crippen LogP contribution in [0.2, 0.25) is 0 Å². The van der Waals surface area contributed by atoms with Crippen LogP contribution in [0.25, 0.3) is 22.4 Å². The lowest BCUT2D eigenvalue weighted by Crippen LogP contribution is -2.42. The quantitative estimate of drug-likeness (QED) is 0.241. The molecule has 12 heteroatoms. The van der Waals surface area contributed by atoms with Crippen molar-refractivity contribution in [2.75, 3.05) is 37.7 Å². The molecule has 3 heterocycles. The molecule has 5 rings (SSSR count). The van der Waals surface area contributed by atoms with Gasteiger partial charge in [0.05, 0.1) is 22.7 Å². The Morgan fingerprint density at radius 3 is 2.37 bits per heavy atom. The Morgan fingerprint density at radius 1 is 0.927 bits per heavy atom. The summed E-state index contributed by atoms with van der Waals surface area (Å²) in [6.07, 6.45) is 1.80. The number of non-ortho nitro benzene ring substituents is 1. The third-order valence-electron chi connectivity index (χ3n) is 6.65. The predicted octanol–water partition coefficient (Wildman–Crippen LogP) is 4.06. The molecule has 0 saturated carbocycles. The van der Waals surface area contributed by atoms with Gasteiger partial charge in [-0.2, -0.15) is 16.8 Å². The van der Waals surface area contributed by atoms with E-state index in [9.17, 15) is 24.5 Å². The third-order valence-corrected chi connectivity index (χ3v) is 7.59. The Morgan fingerprint density at radius 2 is 1.63 bits per heavy atom. The van der Waals surface area contributed by atoms with Crippen LogP contribution in [0.1, 0.15) is 16.1 Å². The van der Waals surface area contributed by atoms with E-state index in [1.807, 2.05) is 17.8 Å². The summed E-state index contributed by atoms with van der Waals surface area (Å²) in [5, 5.41) is 12.6. The standard InChI is InChI=1S/C29H26N4O7S/c1-19-25-26(21-8-5-9-22(18-21)33(37)38)28(27(30-19)20-6-3-2-4-7-20)39-23(34)10-11-24(35)40-32(29(25)36)13-12-31-14-16-41-17-15-31/h2-11,18H,12-17H2,1H3/b11-10+. The number of thioether (sulfide) groups is 1. The summed E-state index contributed by atoms with van der Waals surface area (Å²) in [7, 11) is 0. The highest BCUT2D eigenvalue weighted by molar-refractivity contribution is 7.99. The van der Waals surface area contributed by atoms with Gasteiger partial charge in [-0.05, 0) is 12.5 Å². The number of hydroxylamine groups is 2. The average Bonchev–Trinajstić information content (AvgIpc) is 3.00. The molecule has 0 N–H and O–H groups in total. The molecular formula is C29H26N4O7S. The van der Waals surface area contributed by atoms with Crippen molar-refractivity contribution in [3.8, 4) is 28.1 Å². The maximum absolute atomic E-state index is 14.2. The summed E-state index contributed by atoms with van der Waals surface area (Å²) < 4.78 is 5.75. The fraction of sp³-hybridized carbons (Fsp3) is 0.241. The van der Waals surface area contributed by atoms with Gasteiger partial charge in [0.25, 0.3) is 11.6 Å². The van der Waals surface area contributed by atoms with Crippen LogP contribution < -0.4 is 4.74 Å². The maximum Gasteiger partial charge on any atom is 0.356 e. The van der Waals surface area contributed by atoms with Crippen molar-refractivity contribution in [1.29, 1.82) is 0 Å². The molecule has 0 atom stereocenters. The third kappa shape index (κ3) is 6.28. The Kier molecular flexibility index (Phi) is 8.41. The number of nitro groups is 1. The predicted molar refractivity (Wildman–Crippen MR) is 152 cm³/mol. The largest absolute Gasteiger partial charge is 0.420 e. The summed E-state index contributed by atoms with van der Waals surface area (Å²) in [5.41, 5.74) is 1.28. The summed E-state index contributed by atoms with van der Waals surface area (Å²) >= 11 is 1.85. The fourth-order valence-corrected chi connectivity index (χ4v) is 5.65. The molecule has 3 aromatic rings. The number of hydrogen-bond donors (Lipinski definition) is 0. The number of aryl methyl sites for hydroxylation is 1. The Labute approximate surface area is 239 Å². The van der Waals surface area contributed by atoms with Crippen molar-refractivity contribution < 1.29 is 28.9 Å². The molecule has 210 valence electrons. The second-order valence-corrected chi connectivity index (χ2v) is 10.5. The molecule has 2 aliphatic heterocycles. The lowest BCUT2D eigenvalue weighted by molar-refractivity contribution is -0.384. The first-order chi connectivity index (χ1) is 19.8. The number of fused-ring (bicyclic) bond motifs is 2. The first kappa shape index (κ1) is 28.0. The van der Waals surface area contributed by atoms with Gasteiger partial charge in [-0.25, -0.2) is 14.6 Å². The van der Waals surface area contributed by atoms with E-state index >= 15 is 0 Å². The van der Waals surface area contributed by atoms with Crippen LogP contribution in [-0.4, -0.2) is 75.4 Å². The minimum absolute atomic E-state index is 0.00289. The number of benzene rings is 2. The van der Waals surface area contributed by atoms with E-state index in [4.69, 9.17) is 9.57 Å². The van der Waals surface area contributed by atoms with Crippen LogP contribution in [0.3, 0.4) is 0 Å². The van der Waals surface area contributed by atoms with Gasteiger partial charge in [0.2, 0.25) is 0 Å². The molecule has 0 spiro atoms. The molecule has 1 fully saturated rings. The number of rotatable bonds is 6. The molecule has 2 aliphatic rings. The van der Waals surface area contributed by atoms with Crippen molar-refractivity contribution in [2.45, 2.75) is 6.92 Å². The summed E-state index contributed by atoms with van der Waals surface area (Å²) in [6, 6.07) is 14.6. The Bertz CT molecular complexity index is 1540. The minimum atomic E-state index is -0.926. The Hall–Kier alpha value is -4.55. The number of carbonyl (C=O) groups is 3. The molecule has 2 aromatic carbocycles. The summed E-state index contributed by atoms with van der Waals surface area (Å²) in [4.78, 5) is 63.2. The lowest BCUT2D eigenvalue weighted by Gasteiger charge is -2.29. The fourth-order valence-electron chi connectivity index (χ4n) is 4.67. The lowest BCUT2D eigenvalue weighted by atomic mass is 9.94. The van der Waals surface area contributed by atoms with Crippen LogP contribution in [0.5, 0.6) is 5.75 Å². The molecule has 0 unspecified atom stereocenters. The van der Waals surface area contributed by atoms with Crippen LogP contribution >= 0.6 is 11.8 Å². The molecule has 1 amide bonds. The Balaban J connectivity index is 1.73. The SMILES string of the molecule is Cc1nc(-c2ccccc2)c2c(-c3cccc([N+](=O)[O-])c3)c1C(=O)N(CCN1CCSCC1)OC(=O)/C=C/C(=O)O2. The van der Waals surface area contributed by atoms with Crippen molar-refractivity contribution in [1.82, 2.24) is 14.9 Å². The van der Waals surface area contributed by atoms with E-state index in [1.165, 1.54) is 18.2 Å². The van der Waals surface area contributed by atoms with Gasteiger partial charge < -0.3 is 9.57 Å². The number of hydrogen-bond acceptors (Lipinski definition) is 10. The second-order valence-electron chi connectivity index (χ2n) is 9.32. The molecule has 1 saturated heterocycles. The second kappa shape index (κ2) is 12.3. The number of esters is 1. The van der Waals surface area contributed by atoms with Crippen LogP contribution in [0.15, 0.2) is 66.7 Å². The number of carbonyl (C=O) groups excluding carboxylic acids is 3. The van der Waals surface area contributed by atoms with Crippen LogP contribution in [0, 0.1) is 17.0 Å². The number of ether oxygens (including phenoxy) is 1. The van der Waals surface area contributed by atoms with Crippen molar-refractivity contribution in [2.24, 2.45) is 0 Å². The average molecular weight is 575 g/mol. The monoisotopic (exact) mass is 574 g/mol. The highest BCUT2D eigenvalue weighted by Crippen LogP contribution is 2.43. The van der Waals surface area contributed by atoms with E-state index in [0.29, 0.717) is 12.1 Å².